The maximum Gasteiger partial charge on any atom is 0.237 e. The van der Waals surface area contributed by atoms with Gasteiger partial charge in [-0.3, -0.25) is 14.6 Å². The van der Waals surface area contributed by atoms with E-state index in [9.17, 15) is 4.79 Å². The minimum absolute atomic E-state index is 0.0726. The van der Waals surface area contributed by atoms with Gasteiger partial charge < -0.3 is 9.64 Å². The number of rotatable bonds is 5. The fraction of sp³-hybridized carbons (Fsp3) is 0.650. The molecule has 25 heavy (non-hydrogen) atoms. The molecule has 2 aliphatic rings. The molecule has 0 bridgehead atoms. The third kappa shape index (κ3) is 4.81. The zero-order valence-electron chi connectivity index (χ0n) is 15.8. The average Bonchev–Trinajstić information content (AvgIpc) is 2.60. The SMILES string of the molecule is Cc1ccc(CN2CCN(CC(C)(C)N3CCOCC3)CC2=O)cc1. The largest absolute Gasteiger partial charge is 0.379 e. The second-order valence-corrected chi connectivity index (χ2v) is 7.92. The fourth-order valence-electron chi connectivity index (χ4n) is 3.79. The van der Waals surface area contributed by atoms with Crippen molar-refractivity contribution in [3.05, 3.63) is 35.4 Å². The molecule has 5 nitrogen and oxygen atoms in total. The molecule has 2 fully saturated rings. The number of amides is 1. The number of ether oxygens (including phenoxy) is 1. The maximum atomic E-state index is 12.6. The summed E-state index contributed by atoms with van der Waals surface area (Å²) < 4.78 is 5.46. The number of aryl methyl sites for hydroxylation is 1. The van der Waals surface area contributed by atoms with Crippen molar-refractivity contribution in [3.63, 3.8) is 0 Å². The van der Waals surface area contributed by atoms with Crippen LogP contribution in [0, 0.1) is 6.92 Å². The van der Waals surface area contributed by atoms with E-state index in [-0.39, 0.29) is 11.4 Å². The van der Waals surface area contributed by atoms with Gasteiger partial charge in [-0.05, 0) is 26.3 Å². The minimum atomic E-state index is 0.0726. The Morgan fingerprint density at radius 3 is 2.36 bits per heavy atom. The standard InChI is InChI=1S/C20H31N3O2/c1-17-4-6-18(7-5-17)14-22-9-8-21(15-19(22)24)16-20(2,3)23-10-12-25-13-11-23/h4-7H,8-16H2,1-3H3. The van der Waals surface area contributed by atoms with Gasteiger partial charge in [0, 0.05) is 44.8 Å². The molecule has 1 aromatic rings. The van der Waals surface area contributed by atoms with Gasteiger partial charge in [0.15, 0.2) is 0 Å². The van der Waals surface area contributed by atoms with Gasteiger partial charge in [0.1, 0.15) is 0 Å². The molecule has 1 amide bonds. The number of hydrogen-bond donors (Lipinski definition) is 0. The molecule has 0 aliphatic carbocycles. The van der Waals surface area contributed by atoms with Crippen molar-refractivity contribution >= 4 is 5.91 Å². The van der Waals surface area contributed by atoms with Gasteiger partial charge >= 0.3 is 0 Å². The predicted molar refractivity (Wildman–Crippen MR) is 99.5 cm³/mol. The highest BCUT2D eigenvalue weighted by atomic mass is 16.5. The van der Waals surface area contributed by atoms with Gasteiger partial charge in [-0.25, -0.2) is 0 Å². The van der Waals surface area contributed by atoms with Gasteiger partial charge in [0.05, 0.1) is 19.8 Å². The van der Waals surface area contributed by atoms with Crippen molar-refractivity contribution in [2.45, 2.75) is 32.9 Å². The smallest absolute Gasteiger partial charge is 0.237 e. The molecular formula is C20H31N3O2. The highest BCUT2D eigenvalue weighted by Gasteiger charge is 2.33. The molecule has 2 saturated heterocycles. The van der Waals surface area contributed by atoms with E-state index >= 15 is 0 Å². The summed E-state index contributed by atoms with van der Waals surface area (Å²) in [5, 5.41) is 0. The second kappa shape index (κ2) is 7.85. The van der Waals surface area contributed by atoms with Crippen LogP contribution in [-0.2, 0) is 16.1 Å². The molecule has 0 aromatic heterocycles. The molecule has 0 spiro atoms. The molecule has 0 atom stereocenters. The van der Waals surface area contributed by atoms with Crippen LogP contribution in [0.4, 0.5) is 0 Å². The van der Waals surface area contributed by atoms with E-state index in [2.05, 4.69) is 54.8 Å². The Morgan fingerprint density at radius 2 is 1.72 bits per heavy atom. The molecule has 0 radical (unpaired) electrons. The summed E-state index contributed by atoms with van der Waals surface area (Å²) in [6.07, 6.45) is 0. The van der Waals surface area contributed by atoms with Crippen LogP contribution in [0.25, 0.3) is 0 Å². The Labute approximate surface area is 151 Å². The number of morpholine rings is 1. The first kappa shape index (κ1) is 18.4. The molecular weight excluding hydrogens is 314 g/mol. The van der Waals surface area contributed by atoms with E-state index < -0.39 is 0 Å². The van der Waals surface area contributed by atoms with Gasteiger partial charge in [-0.1, -0.05) is 29.8 Å². The van der Waals surface area contributed by atoms with E-state index in [4.69, 9.17) is 4.74 Å². The number of carbonyl (C=O) groups excluding carboxylic acids is 1. The van der Waals surface area contributed by atoms with Gasteiger partial charge in [0.2, 0.25) is 5.91 Å². The molecule has 1 aromatic carbocycles. The van der Waals surface area contributed by atoms with Crippen LogP contribution >= 0.6 is 0 Å². The Kier molecular flexibility index (Phi) is 5.77. The van der Waals surface area contributed by atoms with Crippen LogP contribution in [0.2, 0.25) is 0 Å². The monoisotopic (exact) mass is 345 g/mol. The minimum Gasteiger partial charge on any atom is -0.379 e. The Bertz CT molecular complexity index is 579. The van der Waals surface area contributed by atoms with E-state index in [0.29, 0.717) is 6.54 Å². The van der Waals surface area contributed by atoms with E-state index in [0.717, 1.165) is 52.5 Å². The Morgan fingerprint density at radius 1 is 1.04 bits per heavy atom. The van der Waals surface area contributed by atoms with Crippen LogP contribution in [0.1, 0.15) is 25.0 Å². The number of benzene rings is 1. The van der Waals surface area contributed by atoms with Crippen molar-refractivity contribution in [1.29, 1.82) is 0 Å². The first-order valence-corrected chi connectivity index (χ1v) is 9.32. The van der Waals surface area contributed by atoms with Crippen molar-refractivity contribution in [3.8, 4) is 0 Å². The molecule has 0 saturated carbocycles. The summed E-state index contributed by atoms with van der Waals surface area (Å²) in [6, 6.07) is 8.47. The van der Waals surface area contributed by atoms with E-state index in [1.807, 2.05) is 4.90 Å². The van der Waals surface area contributed by atoms with Crippen molar-refractivity contribution < 1.29 is 9.53 Å². The molecule has 0 N–H and O–H groups in total. The number of nitrogens with zero attached hydrogens (tertiary/aromatic N) is 3. The normalized spacial score (nSPS) is 20.9. The van der Waals surface area contributed by atoms with E-state index in [1.165, 1.54) is 11.1 Å². The van der Waals surface area contributed by atoms with Crippen molar-refractivity contribution in [1.82, 2.24) is 14.7 Å². The lowest BCUT2D eigenvalue weighted by Crippen LogP contribution is -2.59. The molecule has 2 aliphatic heterocycles. The lowest BCUT2D eigenvalue weighted by atomic mass is 10.0. The predicted octanol–water partition coefficient (Wildman–Crippen LogP) is 1.75. The van der Waals surface area contributed by atoms with Crippen LogP contribution in [0.15, 0.2) is 24.3 Å². The zero-order chi connectivity index (χ0) is 17.9. The summed E-state index contributed by atoms with van der Waals surface area (Å²) in [6.45, 7) is 14.2. The van der Waals surface area contributed by atoms with Crippen LogP contribution in [0.5, 0.6) is 0 Å². The van der Waals surface area contributed by atoms with Gasteiger partial charge in [-0.15, -0.1) is 0 Å². The van der Waals surface area contributed by atoms with E-state index in [1.54, 1.807) is 0 Å². The summed E-state index contributed by atoms with van der Waals surface area (Å²) in [7, 11) is 0. The van der Waals surface area contributed by atoms with Gasteiger partial charge in [0.25, 0.3) is 0 Å². The summed E-state index contributed by atoms with van der Waals surface area (Å²) in [5.41, 5.74) is 2.54. The molecule has 2 heterocycles. The van der Waals surface area contributed by atoms with Crippen molar-refractivity contribution in [2.24, 2.45) is 0 Å². The Hall–Kier alpha value is -1.43. The third-order valence-electron chi connectivity index (χ3n) is 5.37. The number of piperazine rings is 1. The Balaban J connectivity index is 1.52. The number of hydrogen-bond acceptors (Lipinski definition) is 4. The topological polar surface area (TPSA) is 36.0 Å². The first-order chi connectivity index (χ1) is 11.9. The highest BCUT2D eigenvalue weighted by molar-refractivity contribution is 5.79. The first-order valence-electron chi connectivity index (χ1n) is 9.32. The molecule has 3 rings (SSSR count). The van der Waals surface area contributed by atoms with Crippen LogP contribution in [-0.4, -0.2) is 78.6 Å². The average molecular weight is 345 g/mol. The fourth-order valence-corrected chi connectivity index (χ4v) is 3.79. The van der Waals surface area contributed by atoms with Crippen molar-refractivity contribution in [2.75, 3.05) is 52.5 Å². The second-order valence-electron chi connectivity index (χ2n) is 7.92. The lowest BCUT2D eigenvalue weighted by molar-refractivity contribution is -0.137. The van der Waals surface area contributed by atoms with Crippen LogP contribution < -0.4 is 0 Å². The number of carbonyl (C=O) groups is 1. The lowest BCUT2D eigenvalue weighted by Gasteiger charge is -2.45. The van der Waals surface area contributed by atoms with Gasteiger partial charge in [-0.2, -0.15) is 0 Å². The zero-order valence-corrected chi connectivity index (χ0v) is 15.8. The summed E-state index contributed by atoms with van der Waals surface area (Å²) >= 11 is 0. The maximum absolute atomic E-state index is 12.6. The quantitative estimate of drug-likeness (QED) is 0.815. The van der Waals surface area contributed by atoms with Crippen LogP contribution in [0.3, 0.4) is 0 Å². The third-order valence-corrected chi connectivity index (χ3v) is 5.37. The summed E-state index contributed by atoms with van der Waals surface area (Å²) in [4.78, 5) is 19.4. The highest BCUT2D eigenvalue weighted by Crippen LogP contribution is 2.19. The molecule has 5 heteroatoms. The summed E-state index contributed by atoms with van der Waals surface area (Å²) in [5.74, 6) is 0.240. The molecule has 138 valence electrons. The molecule has 0 unspecified atom stereocenters.